The largest absolute Gasteiger partial charge is 0.487 e. The van der Waals surface area contributed by atoms with E-state index >= 15 is 0 Å². The minimum absolute atomic E-state index is 0.0603. The van der Waals surface area contributed by atoms with Crippen molar-refractivity contribution < 1.29 is 27.9 Å². The van der Waals surface area contributed by atoms with Crippen LogP contribution in [0.4, 0.5) is 0 Å². The number of rotatable bonds is 4. The van der Waals surface area contributed by atoms with Crippen LogP contribution in [0.5, 0.6) is 5.95 Å². The molecule has 3 saturated heterocycles. The summed E-state index contributed by atoms with van der Waals surface area (Å²) >= 11 is 0. The SMILES string of the molecule is COc1oc([C@@H]2CC([C@@H]3C/C(=C/B4OC(C)(C)C(C)(C)O4)CO3)CO2)c(C)c(=O)c1C. The zero-order chi connectivity index (χ0) is 22.6. The van der Waals surface area contributed by atoms with E-state index in [4.69, 9.17) is 27.9 Å². The van der Waals surface area contributed by atoms with E-state index in [1.807, 2.05) is 0 Å². The Morgan fingerprint density at radius 1 is 1.06 bits per heavy atom. The van der Waals surface area contributed by atoms with Gasteiger partial charge in [-0.2, -0.15) is 0 Å². The molecule has 3 atom stereocenters. The van der Waals surface area contributed by atoms with Gasteiger partial charge in [-0.05, 0) is 60.0 Å². The zero-order valence-electron chi connectivity index (χ0n) is 19.6. The van der Waals surface area contributed by atoms with Crippen molar-refractivity contribution in [3.05, 3.63) is 38.7 Å². The van der Waals surface area contributed by atoms with Gasteiger partial charge in [-0.1, -0.05) is 5.98 Å². The molecule has 0 aromatic carbocycles. The molecule has 0 amide bonds. The summed E-state index contributed by atoms with van der Waals surface area (Å²) in [6.07, 6.45) is 1.36. The Kier molecular flexibility index (Phi) is 5.88. The highest BCUT2D eigenvalue weighted by Gasteiger charge is 2.50. The lowest BCUT2D eigenvalue weighted by molar-refractivity contribution is 0.00578. The van der Waals surface area contributed by atoms with Crippen molar-refractivity contribution in [1.29, 1.82) is 0 Å². The summed E-state index contributed by atoms with van der Waals surface area (Å²) in [5.74, 6) is 3.09. The van der Waals surface area contributed by atoms with Crippen molar-refractivity contribution >= 4 is 7.12 Å². The van der Waals surface area contributed by atoms with Crippen LogP contribution in [0.1, 0.15) is 63.5 Å². The van der Waals surface area contributed by atoms with E-state index in [-0.39, 0.29) is 47.8 Å². The summed E-state index contributed by atoms with van der Waals surface area (Å²) in [7, 11) is 1.15. The van der Waals surface area contributed by atoms with Gasteiger partial charge in [0.25, 0.3) is 5.95 Å². The molecule has 0 saturated carbocycles. The molecule has 3 fully saturated rings. The third kappa shape index (κ3) is 4.11. The molecule has 4 rings (SSSR count). The van der Waals surface area contributed by atoms with Crippen LogP contribution in [-0.4, -0.2) is 44.7 Å². The summed E-state index contributed by atoms with van der Waals surface area (Å²) in [4.78, 5) is 12.5. The summed E-state index contributed by atoms with van der Waals surface area (Å²) in [5, 5.41) is 0. The van der Waals surface area contributed by atoms with Crippen LogP contribution < -0.4 is 10.2 Å². The topological polar surface area (TPSA) is 76.4 Å². The molecule has 4 heterocycles. The van der Waals surface area contributed by atoms with Gasteiger partial charge in [0.15, 0.2) is 5.43 Å². The Hall–Kier alpha value is -1.61. The Balaban J connectivity index is 1.41. The fraction of sp³-hybridized carbons (Fsp3) is 0.696. The lowest BCUT2D eigenvalue weighted by Gasteiger charge is -2.32. The van der Waals surface area contributed by atoms with E-state index in [2.05, 4.69) is 33.7 Å². The van der Waals surface area contributed by atoms with Crippen molar-refractivity contribution in [2.75, 3.05) is 20.3 Å². The first-order chi connectivity index (χ1) is 14.5. The van der Waals surface area contributed by atoms with Crippen molar-refractivity contribution in [2.45, 2.75) is 77.8 Å². The highest BCUT2D eigenvalue weighted by atomic mass is 16.7. The highest BCUT2D eigenvalue weighted by molar-refractivity contribution is 6.51. The zero-order valence-corrected chi connectivity index (χ0v) is 19.6. The van der Waals surface area contributed by atoms with Crippen molar-refractivity contribution in [3.63, 3.8) is 0 Å². The van der Waals surface area contributed by atoms with E-state index in [0.29, 0.717) is 30.1 Å². The Morgan fingerprint density at radius 3 is 2.39 bits per heavy atom. The van der Waals surface area contributed by atoms with Gasteiger partial charge in [0, 0.05) is 11.5 Å². The van der Waals surface area contributed by atoms with Gasteiger partial charge in [-0.15, -0.1) is 0 Å². The number of hydrogen-bond acceptors (Lipinski definition) is 7. The highest BCUT2D eigenvalue weighted by Crippen LogP contribution is 2.41. The maximum Gasteiger partial charge on any atom is 0.487 e. The first-order valence-electron chi connectivity index (χ1n) is 11.0. The predicted octanol–water partition coefficient (Wildman–Crippen LogP) is 3.69. The minimum Gasteiger partial charge on any atom is -0.468 e. The van der Waals surface area contributed by atoms with Crippen LogP contribution in [0.3, 0.4) is 0 Å². The summed E-state index contributed by atoms with van der Waals surface area (Å²) < 4.78 is 35.4. The molecule has 170 valence electrons. The number of ether oxygens (including phenoxy) is 3. The fourth-order valence-electron chi connectivity index (χ4n) is 4.49. The van der Waals surface area contributed by atoms with Crippen LogP contribution in [0.2, 0.25) is 0 Å². The summed E-state index contributed by atoms with van der Waals surface area (Å²) in [6.45, 7) is 12.8. The second-order valence-electron chi connectivity index (χ2n) is 9.86. The molecule has 0 radical (unpaired) electrons. The molecule has 1 unspecified atom stereocenters. The molecule has 3 aliphatic heterocycles. The van der Waals surface area contributed by atoms with Crippen LogP contribution in [0.25, 0.3) is 0 Å². The first kappa shape index (κ1) is 22.6. The average molecular weight is 432 g/mol. The molecule has 7 nitrogen and oxygen atoms in total. The van der Waals surface area contributed by atoms with Crippen LogP contribution in [0.15, 0.2) is 20.8 Å². The van der Waals surface area contributed by atoms with E-state index in [1.165, 1.54) is 12.7 Å². The second kappa shape index (κ2) is 8.07. The molecule has 3 aliphatic rings. The van der Waals surface area contributed by atoms with Gasteiger partial charge in [0.2, 0.25) is 0 Å². The molecule has 8 heteroatoms. The molecule has 31 heavy (non-hydrogen) atoms. The smallest absolute Gasteiger partial charge is 0.468 e. The number of hydrogen-bond donors (Lipinski definition) is 0. The molecule has 1 aromatic heterocycles. The van der Waals surface area contributed by atoms with Gasteiger partial charge >= 0.3 is 7.12 Å². The van der Waals surface area contributed by atoms with Gasteiger partial charge in [-0.25, -0.2) is 0 Å². The van der Waals surface area contributed by atoms with Crippen LogP contribution in [-0.2, 0) is 18.8 Å². The van der Waals surface area contributed by atoms with E-state index in [1.54, 1.807) is 13.8 Å². The standard InChI is InChI=1S/C23H33BO7/c1-13-19(25)14(2)21(26-7)29-20(13)18-9-16(12-28-18)17-8-15(11-27-17)10-24-30-22(3,4)23(5,6)31-24/h10,16-18H,8-9,11-12H2,1-7H3/b15-10-/t16?,17-,18-/m0/s1. The van der Waals surface area contributed by atoms with Crippen LogP contribution >= 0.6 is 0 Å². The van der Waals surface area contributed by atoms with Gasteiger partial charge in [-0.3, -0.25) is 4.79 Å². The molecular formula is C23H33BO7. The maximum atomic E-state index is 12.5. The first-order valence-corrected chi connectivity index (χ1v) is 11.0. The average Bonchev–Trinajstić information content (AvgIpc) is 3.39. The molecule has 0 N–H and O–H groups in total. The molecule has 0 aliphatic carbocycles. The van der Waals surface area contributed by atoms with Gasteiger partial charge in [0.1, 0.15) is 11.9 Å². The van der Waals surface area contributed by atoms with E-state index in [0.717, 1.165) is 12.8 Å². The summed E-state index contributed by atoms with van der Waals surface area (Å²) in [6, 6.07) is 0. The monoisotopic (exact) mass is 432 g/mol. The molecule has 0 bridgehead atoms. The third-order valence-electron chi connectivity index (χ3n) is 7.18. The Morgan fingerprint density at radius 2 is 1.74 bits per heavy atom. The van der Waals surface area contributed by atoms with Crippen molar-refractivity contribution in [2.24, 2.45) is 5.92 Å². The quantitative estimate of drug-likeness (QED) is 0.672. The third-order valence-corrected chi connectivity index (χ3v) is 7.18. The minimum atomic E-state index is -0.355. The predicted molar refractivity (Wildman–Crippen MR) is 116 cm³/mol. The van der Waals surface area contributed by atoms with Crippen LogP contribution in [0, 0.1) is 19.8 Å². The lowest BCUT2D eigenvalue weighted by Crippen LogP contribution is -2.41. The van der Waals surface area contributed by atoms with Gasteiger partial charge in [0.05, 0.1) is 43.2 Å². The molecule has 1 aromatic rings. The maximum absolute atomic E-state index is 12.5. The Labute approximate surface area is 184 Å². The number of methoxy groups -OCH3 is 1. The van der Waals surface area contributed by atoms with Crippen molar-refractivity contribution in [1.82, 2.24) is 0 Å². The summed E-state index contributed by atoms with van der Waals surface area (Å²) in [5.41, 5.74) is 1.49. The van der Waals surface area contributed by atoms with E-state index in [9.17, 15) is 4.79 Å². The lowest BCUT2D eigenvalue weighted by atomic mass is 9.85. The van der Waals surface area contributed by atoms with Gasteiger partial charge < -0.3 is 27.9 Å². The normalized spacial score (nSPS) is 31.0. The van der Waals surface area contributed by atoms with Crippen molar-refractivity contribution in [3.8, 4) is 5.95 Å². The Bertz CT molecular complexity index is 917. The molecular weight excluding hydrogens is 399 g/mol. The second-order valence-corrected chi connectivity index (χ2v) is 9.86. The molecule has 0 spiro atoms. The fourth-order valence-corrected chi connectivity index (χ4v) is 4.49. The van der Waals surface area contributed by atoms with E-state index < -0.39 is 0 Å².